The zero-order valence-electron chi connectivity index (χ0n) is 11.7. The van der Waals surface area contributed by atoms with Crippen molar-refractivity contribution in [1.82, 2.24) is 10.3 Å². The summed E-state index contributed by atoms with van der Waals surface area (Å²) >= 11 is 0. The summed E-state index contributed by atoms with van der Waals surface area (Å²) in [5, 5.41) is 5.36. The maximum atomic E-state index is 14.2. The molecule has 0 spiro atoms. The molecule has 0 aliphatic carbocycles. The number of amides is 1. The van der Waals surface area contributed by atoms with Crippen LogP contribution in [0, 0.1) is 5.82 Å². The number of nitrogens with one attached hydrogen (secondary N) is 2. The molecule has 1 aliphatic rings. The van der Waals surface area contributed by atoms with Gasteiger partial charge >= 0.3 is 0 Å². The predicted molar refractivity (Wildman–Crippen MR) is 77.5 cm³/mol. The topological polar surface area (TPSA) is 88.2 Å². The van der Waals surface area contributed by atoms with Crippen molar-refractivity contribution in [2.75, 3.05) is 23.4 Å². The summed E-state index contributed by atoms with van der Waals surface area (Å²) in [6, 6.07) is 0.827. The molecule has 0 aromatic carbocycles. The molecule has 21 heavy (non-hydrogen) atoms. The maximum Gasteiger partial charge on any atom is 0.254 e. The molecule has 0 saturated carbocycles. The summed E-state index contributed by atoms with van der Waals surface area (Å²) in [5.74, 6) is -1.34. The van der Waals surface area contributed by atoms with Gasteiger partial charge in [0.2, 0.25) is 0 Å². The molecule has 2 N–H and O–H groups in total. The lowest BCUT2D eigenvalue weighted by molar-refractivity contribution is 0.0937. The molecule has 0 bridgehead atoms. The van der Waals surface area contributed by atoms with Gasteiger partial charge in [-0.15, -0.1) is 0 Å². The summed E-state index contributed by atoms with van der Waals surface area (Å²) in [4.78, 5) is 15.9. The van der Waals surface area contributed by atoms with Gasteiger partial charge in [-0.25, -0.2) is 17.8 Å². The van der Waals surface area contributed by atoms with Crippen molar-refractivity contribution in [3.8, 4) is 0 Å². The van der Waals surface area contributed by atoms with E-state index in [0.717, 1.165) is 6.42 Å². The Morgan fingerprint density at radius 2 is 2.29 bits per heavy atom. The number of nitrogens with zero attached hydrogens (tertiary/aromatic N) is 1. The van der Waals surface area contributed by atoms with E-state index < -0.39 is 27.6 Å². The van der Waals surface area contributed by atoms with E-state index in [2.05, 4.69) is 15.6 Å². The third-order valence-corrected chi connectivity index (χ3v) is 5.01. The molecule has 1 amide bonds. The summed E-state index contributed by atoms with van der Waals surface area (Å²) in [5.41, 5.74) is -0.132. The number of hydrogen-bond acceptors (Lipinski definition) is 5. The number of pyridine rings is 1. The van der Waals surface area contributed by atoms with Gasteiger partial charge in [-0.3, -0.25) is 4.79 Å². The molecule has 1 fully saturated rings. The van der Waals surface area contributed by atoms with E-state index in [-0.39, 0.29) is 22.9 Å². The van der Waals surface area contributed by atoms with Gasteiger partial charge < -0.3 is 10.6 Å². The van der Waals surface area contributed by atoms with Crippen LogP contribution in [0.15, 0.2) is 12.3 Å². The number of carbonyl (C=O) groups excluding carboxylic acids is 1. The van der Waals surface area contributed by atoms with Crippen molar-refractivity contribution in [2.24, 2.45) is 0 Å². The number of halogens is 1. The number of aromatic nitrogens is 1. The van der Waals surface area contributed by atoms with Gasteiger partial charge in [0.1, 0.15) is 0 Å². The van der Waals surface area contributed by atoms with Crippen LogP contribution in [0.4, 0.5) is 10.2 Å². The van der Waals surface area contributed by atoms with Gasteiger partial charge in [-0.2, -0.15) is 0 Å². The molecule has 1 atom stereocenters. The van der Waals surface area contributed by atoms with Gasteiger partial charge in [0.05, 0.1) is 17.1 Å². The van der Waals surface area contributed by atoms with Crippen LogP contribution >= 0.6 is 0 Å². The number of anilines is 1. The second kappa shape index (κ2) is 6.38. The van der Waals surface area contributed by atoms with Gasteiger partial charge in [-0.1, -0.05) is 6.92 Å². The lowest BCUT2D eigenvalue weighted by Crippen LogP contribution is -2.36. The fourth-order valence-electron chi connectivity index (χ4n) is 2.16. The third-order valence-electron chi connectivity index (χ3n) is 3.24. The lowest BCUT2D eigenvalue weighted by Gasteiger charge is -2.12. The molecule has 2 heterocycles. The Labute approximate surface area is 123 Å². The SMILES string of the molecule is CCCNc1nccc(C(=O)NC2CCS(=O)(=O)C2)c1F. The van der Waals surface area contributed by atoms with E-state index >= 15 is 0 Å². The Hall–Kier alpha value is -1.70. The molecule has 2 rings (SSSR count). The molecule has 1 unspecified atom stereocenters. The fraction of sp³-hybridized carbons (Fsp3) is 0.538. The number of rotatable bonds is 5. The van der Waals surface area contributed by atoms with E-state index in [0.29, 0.717) is 13.0 Å². The first kappa shape index (κ1) is 15.7. The molecule has 1 aromatic rings. The minimum atomic E-state index is -3.09. The number of carbonyl (C=O) groups is 1. The maximum absolute atomic E-state index is 14.2. The molecule has 8 heteroatoms. The van der Waals surface area contributed by atoms with Gasteiger partial charge in [0, 0.05) is 18.8 Å². The highest BCUT2D eigenvalue weighted by atomic mass is 32.2. The normalized spacial score (nSPS) is 20.2. The first-order valence-corrected chi connectivity index (χ1v) is 8.64. The van der Waals surface area contributed by atoms with Crippen molar-refractivity contribution in [2.45, 2.75) is 25.8 Å². The van der Waals surface area contributed by atoms with Crippen LogP contribution in [0.1, 0.15) is 30.1 Å². The fourth-order valence-corrected chi connectivity index (χ4v) is 3.83. The van der Waals surface area contributed by atoms with E-state index in [1.165, 1.54) is 12.3 Å². The van der Waals surface area contributed by atoms with Crippen LogP contribution in [-0.4, -0.2) is 43.4 Å². The van der Waals surface area contributed by atoms with Crippen molar-refractivity contribution in [3.63, 3.8) is 0 Å². The summed E-state index contributed by atoms with van der Waals surface area (Å²) in [7, 11) is -3.09. The van der Waals surface area contributed by atoms with Crippen molar-refractivity contribution < 1.29 is 17.6 Å². The Bertz CT molecular complexity index is 634. The van der Waals surface area contributed by atoms with E-state index in [1.54, 1.807) is 0 Å². The van der Waals surface area contributed by atoms with Crippen LogP contribution in [-0.2, 0) is 9.84 Å². The highest BCUT2D eigenvalue weighted by molar-refractivity contribution is 7.91. The van der Waals surface area contributed by atoms with E-state index in [9.17, 15) is 17.6 Å². The first-order valence-electron chi connectivity index (χ1n) is 6.82. The molecule has 1 saturated heterocycles. The van der Waals surface area contributed by atoms with E-state index in [1.807, 2.05) is 6.92 Å². The van der Waals surface area contributed by atoms with Crippen LogP contribution in [0.5, 0.6) is 0 Å². The third kappa shape index (κ3) is 3.90. The molecule has 116 valence electrons. The number of hydrogen-bond donors (Lipinski definition) is 2. The van der Waals surface area contributed by atoms with Crippen LogP contribution < -0.4 is 10.6 Å². The molecule has 1 aromatic heterocycles. The Kier molecular flexibility index (Phi) is 4.76. The minimum Gasteiger partial charge on any atom is -0.368 e. The zero-order valence-corrected chi connectivity index (χ0v) is 12.5. The highest BCUT2D eigenvalue weighted by Crippen LogP contribution is 2.17. The average Bonchev–Trinajstić information content (AvgIpc) is 2.76. The quantitative estimate of drug-likeness (QED) is 0.845. The molecular formula is C13H18FN3O3S. The predicted octanol–water partition coefficient (Wildman–Crippen LogP) is 0.959. The Morgan fingerprint density at radius 1 is 1.52 bits per heavy atom. The first-order chi connectivity index (χ1) is 9.93. The van der Waals surface area contributed by atoms with Crippen molar-refractivity contribution >= 4 is 21.6 Å². The highest BCUT2D eigenvalue weighted by Gasteiger charge is 2.29. The monoisotopic (exact) mass is 315 g/mol. The van der Waals surface area contributed by atoms with Gasteiger partial charge in [0.15, 0.2) is 21.5 Å². The van der Waals surface area contributed by atoms with Crippen molar-refractivity contribution in [1.29, 1.82) is 0 Å². The second-order valence-corrected chi connectivity index (χ2v) is 7.25. The van der Waals surface area contributed by atoms with Crippen LogP contribution in [0.3, 0.4) is 0 Å². The smallest absolute Gasteiger partial charge is 0.254 e. The standard InChI is InChI=1S/C13H18FN3O3S/c1-2-5-15-12-11(14)10(3-6-16-12)13(18)17-9-4-7-21(19,20)8-9/h3,6,9H,2,4-5,7-8H2,1H3,(H,15,16)(H,17,18). The molecule has 6 nitrogen and oxygen atoms in total. The molecule has 0 radical (unpaired) electrons. The molecular weight excluding hydrogens is 297 g/mol. The molecule has 1 aliphatic heterocycles. The van der Waals surface area contributed by atoms with Crippen molar-refractivity contribution in [3.05, 3.63) is 23.6 Å². The van der Waals surface area contributed by atoms with E-state index in [4.69, 9.17) is 0 Å². The minimum absolute atomic E-state index is 0.0311. The second-order valence-electron chi connectivity index (χ2n) is 5.02. The van der Waals surface area contributed by atoms with Gasteiger partial charge in [0.25, 0.3) is 5.91 Å². The largest absolute Gasteiger partial charge is 0.368 e. The van der Waals surface area contributed by atoms with Crippen LogP contribution in [0.25, 0.3) is 0 Å². The summed E-state index contributed by atoms with van der Waals surface area (Å²) in [6.07, 6.45) is 2.51. The Morgan fingerprint density at radius 3 is 2.90 bits per heavy atom. The van der Waals surface area contributed by atoms with Gasteiger partial charge in [-0.05, 0) is 18.9 Å². The summed E-state index contributed by atoms with van der Waals surface area (Å²) < 4.78 is 36.9. The Balaban J connectivity index is 2.09. The zero-order chi connectivity index (χ0) is 15.5. The summed E-state index contributed by atoms with van der Waals surface area (Å²) in [6.45, 7) is 2.48. The average molecular weight is 315 g/mol. The number of sulfone groups is 1. The van der Waals surface area contributed by atoms with Crippen LogP contribution in [0.2, 0.25) is 0 Å². The lowest BCUT2D eigenvalue weighted by atomic mass is 10.2.